The van der Waals surface area contributed by atoms with Crippen LogP contribution in [-0.4, -0.2) is 9.97 Å². The van der Waals surface area contributed by atoms with E-state index in [2.05, 4.69) is 9.97 Å². The summed E-state index contributed by atoms with van der Waals surface area (Å²) in [6.45, 7) is 2.00. The maximum absolute atomic E-state index is 12.9. The molecule has 0 fully saturated rings. The Morgan fingerprint density at radius 2 is 2.06 bits per heavy atom. The molecule has 4 nitrogen and oxygen atoms in total. The van der Waals surface area contributed by atoms with Crippen LogP contribution in [0, 0.1) is 12.7 Å². The Bertz CT molecular complexity index is 531. The van der Waals surface area contributed by atoms with Gasteiger partial charge in [0.15, 0.2) is 0 Å². The normalized spacial score (nSPS) is 10.3. The highest BCUT2D eigenvalue weighted by Crippen LogP contribution is 2.25. The van der Waals surface area contributed by atoms with Crippen LogP contribution in [0.4, 0.5) is 4.39 Å². The Morgan fingerprint density at radius 1 is 1.29 bits per heavy atom. The first-order valence-electron chi connectivity index (χ1n) is 5.14. The van der Waals surface area contributed by atoms with E-state index in [1.54, 1.807) is 19.2 Å². The van der Waals surface area contributed by atoms with E-state index in [1.807, 2.05) is 0 Å². The molecule has 5 heteroatoms. The molecule has 2 rings (SSSR count). The van der Waals surface area contributed by atoms with Crippen LogP contribution in [0.2, 0.25) is 0 Å². The molecule has 0 bridgehead atoms. The van der Waals surface area contributed by atoms with Gasteiger partial charge in [-0.05, 0) is 30.7 Å². The summed E-state index contributed by atoms with van der Waals surface area (Å²) in [5, 5.41) is 0. The molecular formula is C12H12FN3O. The SMILES string of the molecule is Cc1cc(F)ccc1Oc1nccnc1CN. The number of hydrogen-bond acceptors (Lipinski definition) is 4. The number of nitrogens with two attached hydrogens (primary N) is 1. The lowest BCUT2D eigenvalue weighted by Gasteiger charge is -2.09. The van der Waals surface area contributed by atoms with Crippen molar-refractivity contribution in [1.29, 1.82) is 0 Å². The Balaban J connectivity index is 2.31. The summed E-state index contributed by atoms with van der Waals surface area (Å²) in [6.07, 6.45) is 3.07. The predicted octanol–water partition coefficient (Wildman–Crippen LogP) is 2.18. The third-order valence-corrected chi connectivity index (χ3v) is 2.27. The molecule has 0 amide bonds. The Labute approximate surface area is 98.3 Å². The maximum atomic E-state index is 12.9. The highest BCUT2D eigenvalue weighted by atomic mass is 19.1. The van der Waals surface area contributed by atoms with Crippen LogP contribution in [0.15, 0.2) is 30.6 Å². The van der Waals surface area contributed by atoms with Gasteiger partial charge in [-0.1, -0.05) is 0 Å². The zero-order valence-corrected chi connectivity index (χ0v) is 9.35. The van der Waals surface area contributed by atoms with E-state index in [9.17, 15) is 4.39 Å². The van der Waals surface area contributed by atoms with Crippen LogP contribution in [0.25, 0.3) is 0 Å². The van der Waals surface area contributed by atoms with E-state index >= 15 is 0 Å². The number of benzene rings is 1. The van der Waals surface area contributed by atoms with Crippen LogP contribution in [0.3, 0.4) is 0 Å². The molecule has 1 heterocycles. The number of halogens is 1. The molecule has 0 aliphatic rings. The lowest BCUT2D eigenvalue weighted by atomic mass is 10.2. The van der Waals surface area contributed by atoms with E-state index in [0.717, 1.165) is 0 Å². The molecule has 0 aliphatic heterocycles. The van der Waals surface area contributed by atoms with Gasteiger partial charge in [-0.2, -0.15) is 0 Å². The van der Waals surface area contributed by atoms with E-state index < -0.39 is 0 Å². The van der Waals surface area contributed by atoms with Gasteiger partial charge in [0.2, 0.25) is 5.88 Å². The van der Waals surface area contributed by atoms with Crippen molar-refractivity contribution in [2.45, 2.75) is 13.5 Å². The second-order valence-corrected chi connectivity index (χ2v) is 3.52. The van der Waals surface area contributed by atoms with Crippen molar-refractivity contribution in [2.24, 2.45) is 5.73 Å². The minimum absolute atomic E-state index is 0.239. The molecule has 1 aromatic heterocycles. The molecule has 17 heavy (non-hydrogen) atoms. The summed E-state index contributed by atoms with van der Waals surface area (Å²) >= 11 is 0. The second-order valence-electron chi connectivity index (χ2n) is 3.52. The first-order valence-corrected chi connectivity index (χ1v) is 5.14. The van der Waals surface area contributed by atoms with Gasteiger partial charge in [0, 0.05) is 18.9 Å². The first kappa shape index (κ1) is 11.5. The highest BCUT2D eigenvalue weighted by Gasteiger charge is 2.08. The third-order valence-electron chi connectivity index (χ3n) is 2.27. The summed E-state index contributed by atoms with van der Waals surface area (Å²) in [4.78, 5) is 8.10. The monoisotopic (exact) mass is 233 g/mol. The Hall–Kier alpha value is -2.01. The van der Waals surface area contributed by atoms with Crippen molar-refractivity contribution in [3.63, 3.8) is 0 Å². The van der Waals surface area contributed by atoms with Crippen molar-refractivity contribution < 1.29 is 9.13 Å². The summed E-state index contributed by atoms with van der Waals surface area (Å²) in [7, 11) is 0. The van der Waals surface area contributed by atoms with Crippen molar-refractivity contribution in [2.75, 3.05) is 0 Å². The van der Waals surface area contributed by atoms with Gasteiger partial charge in [0.05, 0.1) is 0 Å². The number of aryl methyl sites for hydroxylation is 1. The zero-order valence-electron chi connectivity index (χ0n) is 9.35. The standard InChI is InChI=1S/C12H12FN3O/c1-8-6-9(13)2-3-11(8)17-12-10(7-14)15-4-5-16-12/h2-6H,7,14H2,1H3. The van der Waals surface area contributed by atoms with Gasteiger partial charge in [0.25, 0.3) is 0 Å². The van der Waals surface area contributed by atoms with Crippen molar-refractivity contribution in [1.82, 2.24) is 9.97 Å². The molecule has 0 aliphatic carbocycles. The molecular weight excluding hydrogens is 221 g/mol. The quantitative estimate of drug-likeness (QED) is 0.882. The van der Waals surface area contributed by atoms with E-state index in [-0.39, 0.29) is 12.4 Å². The fourth-order valence-electron chi connectivity index (χ4n) is 1.41. The lowest BCUT2D eigenvalue weighted by molar-refractivity contribution is 0.447. The second kappa shape index (κ2) is 4.88. The number of rotatable bonds is 3. The molecule has 0 radical (unpaired) electrons. The average molecular weight is 233 g/mol. The van der Waals surface area contributed by atoms with Crippen LogP contribution in [-0.2, 0) is 6.54 Å². The number of aromatic nitrogens is 2. The van der Waals surface area contributed by atoms with E-state index in [4.69, 9.17) is 10.5 Å². The van der Waals surface area contributed by atoms with Crippen LogP contribution in [0.5, 0.6) is 11.6 Å². The maximum Gasteiger partial charge on any atom is 0.242 e. The molecule has 0 spiro atoms. The zero-order chi connectivity index (χ0) is 12.3. The van der Waals surface area contributed by atoms with Crippen LogP contribution < -0.4 is 10.5 Å². The Kier molecular flexibility index (Phi) is 3.30. The molecule has 1 aromatic carbocycles. The molecule has 0 saturated carbocycles. The molecule has 2 N–H and O–H groups in total. The highest BCUT2D eigenvalue weighted by molar-refractivity contribution is 5.36. The summed E-state index contributed by atoms with van der Waals surface area (Å²) in [5.74, 6) is 0.597. The largest absolute Gasteiger partial charge is 0.437 e. The fraction of sp³-hybridized carbons (Fsp3) is 0.167. The van der Waals surface area contributed by atoms with Gasteiger partial charge in [-0.15, -0.1) is 0 Å². The summed E-state index contributed by atoms with van der Waals surface area (Å²) < 4.78 is 18.5. The Morgan fingerprint density at radius 3 is 2.76 bits per heavy atom. The van der Waals surface area contributed by atoms with Crippen LogP contribution >= 0.6 is 0 Å². The van der Waals surface area contributed by atoms with Crippen molar-refractivity contribution >= 4 is 0 Å². The first-order chi connectivity index (χ1) is 8.20. The van der Waals surface area contributed by atoms with Gasteiger partial charge in [-0.3, -0.25) is 4.98 Å². The van der Waals surface area contributed by atoms with E-state index in [0.29, 0.717) is 22.9 Å². The van der Waals surface area contributed by atoms with Gasteiger partial charge < -0.3 is 10.5 Å². The molecule has 88 valence electrons. The summed E-state index contributed by atoms with van der Waals surface area (Å²) in [5.41, 5.74) is 6.78. The molecule has 0 unspecified atom stereocenters. The minimum atomic E-state index is -0.298. The smallest absolute Gasteiger partial charge is 0.242 e. The molecule has 0 atom stereocenters. The van der Waals surface area contributed by atoms with Crippen molar-refractivity contribution in [3.8, 4) is 11.6 Å². The van der Waals surface area contributed by atoms with E-state index in [1.165, 1.54) is 18.3 Å². The minimum Gasteiger partial charge on any atom is -0.437 e. The lowest BCUT2D eigenvalue weighted by Crippen LogP contribution is -2.04. The van der Waals surface area contributed by atoms with Gasteiger partial charge in [-0.25, -0.2) is 9.37 Å². The predicted molar refractivity (Wildman–Crippen MR) is 61.1 cm³/mol. The van der Waals surface area contributed by atoms with Crippen molar-refractivity contribution in [3.05, 3.63) is 47.7 Å². The average Bonchev–Trinajstić information content (AvgIpc) is 2.33. The van der Waals surface area contributed by atoms with Gasteiger partial charge in [0.1, 0.15) is 17.3 Å². The summed E-state index contributed by atoms with van der Waals surface area (Å²) in [6, 6.07) is 4.29. The topological polar surface area (TPSA) is 61.0 Å². The third kappa shape index (κ3) is 2.57. The van der Waals surface area contributed by atoms with Gasteiger partial charge >= 0.3 is 0 Å². The number of hydrogen-bond donors (Lipinski definition) is 1. The fourth-order valence-corrected chi connectivity index (χ4v) is 1.41. The number of nitrogens with zero attached hydrogens (tertiary/aromatic N) is 2. The number of ether oxygens (including phenoxy) is 1. The van der Waals surface area contributed by atoms with Crippen LogP contribution in [0.1, 0.15) is 11.3 Å². The molecule has 2 aromatic rings. The molecule has 0 saturated heterocycles.